The summed E-state index contributed by atoms with van der Waals surface area (Å²) in [7, 11) is 0. The van der Waals surface area contributed by atoms with Gasteiger partial charge in [0.2, 0.25) is 0 Å². The smallest absolute Gasteiger partial charge is 0.0270 e. The lowest BCUT2D eigenvalue weighted by Gasteiger charge is -2.26. The minimum Gasteiger partial charge on any atom is -0.301 e. The zero-order valence-corrected chi connectivity index (χ0v) is 9.02. The van der Waals surface area contributed by atoms with Crippen LogP contribution in [0.15, 0.2) is 5.11 Å². The van der Waals surface area contributed by atoms with Crippen LogP contribution in [0.25, 0.3) is 10.4 Å². The van der Waals surface area contributed by atoms with Crippen molar-refractivity contribution in [2.24, 2.45) is 5.11 Å². The molecule has 1 aliphatic carbocycles. The topological polar surface area (TPSA) is 52.0 Å². The Morgan fingerprint density at radius 3 is 2.71 bits per heavy atom. The summed E-state index contributed by atoms with van der Waals surface area (Å²) in [6.07, 6.45) is 6.48. The third kappa shape index (κ3) is 3.56. The average Bonchev–Trinajstić information content (AvgIpc) is 2.71. The standard InChI is InChI=1S/C10H20N4/c1-2-14(9-5-8-12-13-11)10-6-3-4-7-10/h10H,2-9H2,1H3. The molecule has 0 aromatic rings. The van der Waals surface area contributed by atoms with Crippen LogP contribution in [0.5, 0.6) is 0 Å². The average molecular weight is 196 g/mol. The van der Waals surface area contributed by atoms with Crippen molar-refractivity contribution in [1.82, 2.24) is 4.90 Å². The summed E-state index contributed by atoms with van der Waals surface area (Å²) in [4.78, 5) is 5.29. The second-order valence-corrected chi connectivity index (χ2v) is 3.87. The normalized spacial score (nSPS) is 17.3. The van der Waals surface area contributed by atoms with Crippen molar-refractivity contribution < 1.29 is 0 Å². The van der Waals surface area contributed by atoms with E-state index in [0.717, 1.165) is 25.6 Å². The van der Waals surface area contributed by atoms with Crippen LogP contribution in [0.1, 0.15) is 39.0 Å². The van der Waals surface area contributed by atoms with Crippen LogP contribution in [0.3, 0.4) is 0 Å². The number of hydrogen-bond donors (Lipinski definition) is 0. The number of azide groups is 1. The number of hydrogen-bond acceptors (Lipinski definition) is 2. The fourth-order valence-electron chi connectivity index (χ4n) is 2.26. The predicted octanol–water partition coefficient (Wildman–Crippen LogP) is 2.95. The molecule has 0 unspecified atom stereocenters. The van der Waals surface area contributed by atoms with Gasteiger partial charge in [0.05, 0.1) is 0 Å². The Bertz CT molecular complexity index is 192. The summed E-state index contributed by atoms with van der Waals surface area (Å²) >= 11 is 0. The largest absolute Gasteiger partial charge is 0.301 e. The predicted molar refractivity (Wildman–Crippen MR) is 58.1 cm³/mol. The van der Waals surface area contributed by atoms with Crippen LogP contribution in [0.2, 0.25) is 0 Å². The van der Waals surface area contributed by atoms with Crippen LogP contribution in [-0.2, 0) is 0 Å². The third-order valence-corrected chi connectivity index (χ3v) is 3.01. The molecule has 0 aliphatic heterocycles. The van der Waals surface area contributed by atoms with Crippen molar-refractivity contribution in [3.05, 3.63) is 10.4 Å². The van der Waals surface area contributed by atoms with Crippen molar-refractivity contribution in [2.45, 2.75) is 45.1 Å². The van der Waals surface area contributed by atoms with Gasteiger partial charge >= 0.3 is 0 Å². The summed E-state index contributed by atoms with van der Waals surface area (Å²) in [5.74, 6) is 0. The minimum absolute atomic E-state index is 0.639. The number of rotatable bonds is 6. The molecular formula is C10H20N4. The van der Waals surface area contributed by atoms with Gasteiger partial charge in [-0.1, -0.05) is 24.9 Å². The maximum atomic E-state index is 8.14. The highest BCUT2D eigenvalue weighted by atomic mass is 15.2. The monoisotopic (exact) mass is 196 g/mol. The molecule has 0 atom stereocenters. The highest BCUT2D eigenvalue weighted by Crippen LogP contribution is 2.23. The number of nitrogens with zero attached hydrogens (tertiary/aromatic N) is 4. The molecule has 0 spiro atoms. The van der Waals surface area contributed by atoms with E-state index in [9.17, 15) is 0 Å². The first-order chi connectivity index (χ1) is 6.88. The zero-order valence-electron chi connectivity index (χ0n) is 9.02. The van der Waals surface area contributed by atoms with E-state index in [2.05, 4.69) is 21.8 Å². The zero-order chi connectivity index (χ0) is 10.2. The van der Waals surface area contributed by atoms with Gasteiger partial charge < -0.3 is 4.90 Å². The van der Waals surface area contributed by atoms with Gasteiger partial charge in [0.15, 0.2) is 0 Å². The Kier molecular flexibility index (Phi) is 5.42. The van der Waals surface area contributed by atoms with Gasteiger partial charge in [0.25, 0.3) is 0 Å². The van der Waals surface area contributed by atoms with Gasteiger partial charge in [0, 0.05) is 17.5 Å². The lowest BCUT2D eigenvalue weighted by Crippen LogP contribution is -2.34. The van der Waals surface area contributed by atoms with Crippen LogP contribution < -0.4 is 0 Å². The summed E-state index contributed by atoms with van der Waals surface area (Å²) in [6, 6.07) is 0.797. The van der Waals surface area contributed by atoms with Crippen LogP contribution in [0, 0.1) is 0 Å². The van der Waals surface area contributed by atoms with E-state index in [-0.39, 0.29) is 0 Å². The molecule has 0 heterocycles. The lowest BCUT2D eigenvalue weighted by molar-refractivity contribution is 0.208. The molecule has 1 fully saturated rings. The molecule has 0 aromatic heterocycles. The van der Waals surface area contributed by atoms with Gasteiger partial charge in [0.1, 0.15) is 0 Å². The highest BCUT2D eigenvalue weighted by molar-refractivity contribution is 4.76. The second-order valence-electron chi connectivity index (χ2n) is 3.87. The SMILES string of the molecule is CCN(CCCN=[N+]=[N-])C1CCCC1. The van der Waals surface area contributed by atoms with E-state index in [0.29, 0.717) is 6.54 Å². The van der Waals surface area contributed by atoms with E-state index >= 15 is 0 Å². The second kappa shape index (κ2) is 6.68. The van der Waals surface area contributed by atoms with Gasteiger partial charge in [-0.15, -0.1) is 0 Å². The first-order valence-corrected chi connectivity index (χ1v) is 5.63. The van der Waals surface area contributed by atoms with E-state index < -0.39 is 0 Å². The van der Waals surface area contributed by atoms with Crippen molar-refractivity contribution >= 4 is 0 Å². The maximum Gasteiger partial charge on any atom is 0.0270 e. The van der Waals surface area contributed by atoms with Crippen molar-refractivity contribution in [2.75, 3.05) is 19.6 Å². The van der Waals surface area contributed by atoms with E-state index in [1.807, 2.05) is 0 Å². The van der Waals surface area contributed by atoms with Gasteiger partial charge in [-0.25, -0.2) is 0 Å². The molecular weight excluding hydrogens is 176 g/mol. The van der Waals surface area contributed by atoms with Crippen molar-refractivity contribution in [3.63, 3.8) is 0 Å². The van der Waals surface area contributed by atoms with Crippen LogP contribution in [0.4, 0.5) is 0 Å². The molecule has 80 valence electrons. The Morgan fingerprint density at radius 1 is 1.43 bits per heavy atom. The molecule has 1 aliphatic rings. The van der Waals surface area contributed by atoms with Gasteiger partial charge in [-0.2, -0.15) is 0 Å². The fraction of sp³-hybridized carbons (Fsp3) is 1.00. The van der Waals surface area contributed by atoms with E-state index in [4.69, 9.17) is 5.53 Å². The molecule has 0 saturated heterocycles. The summed E-state index contributed by atoms with van der Waals surface area (Å²) in [5.41, 5.74) is 8.14. The van der Waals surface area contributed by atoms with Gasteiger partial charge in [-0.05, 0) is 37.9 Å². The minimum atomic E-state index is 0.639. The summed E-state index contributed by atoms with van der Waals surface area (Å²) in [6.45, 7) is 5.06. The molecule has 0 amide bonds. The van der Waals surface area contributed by atoms with E-state index in [1.54, 1.807) is 0 Å². The van der Waals surface area contributed by atoms with Crippen LogP contribution >= 0.6 is 0 Å². The molecule has 1 rings (SSSR count). The molecule has 0 N–H and O–H groups in total. The summed E-state index contributed by atoms with van der Waals surface area (Å²) < 4.78 is 0. The quantitative estimate of drug-likeness (QED) is 0.279. The molecule has 1 saturated carbocycles. The molecule has 4 heteroatoms. The Balaban J connectivity index is 2.20. The molecule has 14 heavy (non-hydrogen) atoms. The maximum absolute atomic E-state index is 8.14. The Labute approximate surface area is 85.9 Å². The first-order valence-electron chi connectivity index (χ1n) is 5.63. The molecule has 0 radical (unpaired) electrons. The molecule has 0 aromatic carbocycles. The summed E-state index contributed by atoms with van der Waals surface area (Å²) in [5, 5.41) is 3.56. The fourth-order valence-corrected chi connectivity index (χ4v) is 2.26. The molecule has 4 nitrogen and oxygen atoms in total. The van der Waals surface area contributed by atoms with Crippen molar-refractivity contribution in [1.29, 1.82) is 0 Å². The molecule has 0 bridgehead atoms. The first kappa shape index (κ1) is 11.3. The van der Waals surface area contributed by atoms with E-state index in [1.165, 1.54) is 25.7 Å². The third-order valence-electron chi connectivity index (χ3n) is 3.01. The highest BCUT2D eigenvalue weighted by Gasteiger charge is 2.20. The lowest BCUT2D eigenvalue weighted by atomic mass is 10.2. The Morgan fingerprint density at radius 2 is 2.14 bits per heavy atom. The van der Waals surface area contributed by atoms with Crippen LogP contribution in [-0.4, -0.2) is 30.6 Å². The Hall–Kier alpha value is -0.730. The van der Waals surface area contributed by atoms with Gasteiger partial charge in [-0.3, -0.25) is 0 Å². The van der Waals surface area contributed by atoms with Crippen molar-refractivity contribution in [3.8, 4) is 0 Å².